The molecule has 0 atom stereocenters. The number of hydrogen-bond donors (Lipinski definition) is 0. The van der Waals surface area contributed by atoms with Gasteiger partial charge in [0.1, 0.15) is 17.5 Å². The van der Waals surface area contributed by atoms with Crippen LogP contribution in [-0.2, 0) is 0 Å². The number of ether oxygens (including phenoxy) is 1. The first-order chi connectivity index (χ1) is 8.84. The van der Waals surface area contributed by atoms with Crippen LogP contribution in [-0.4, -0.2) is 17.8 Å². The number of hydrogen-bond acceptors (Lipinski definition) is 2. The Kier molecular flexibility index (Phi) is 4.30. The van der Waals surface area contributed by atoms with Crippen LogP contribution in [0.25, 0.3) is 0 Å². The molecular formula is C12H12BrClF3NO. The summed E-state index contributed by atoms with van der Waals surface area (Å²) in [6.45, 7) is -0.380. The molecule has 7 heteroatoms. The maximum Gasteiger partial charge on any atom is 0.397 e. The lowest BCUT2D eigenvalue weighted by atomic mass is 9.86. The molecule has 1 heterocycles. The van der Waals surface area contributed by atoms with Crippen LogP contribution in [0.1, 0.15) is 25.7 Å². The highest BCUT2D eigenvalue weighted by molar-refractivity contribution is 9.10. The number of rotatable bonds is 3. The first kappa shape index (κ1) is 14.9. The van der Waals surface area contributed by atoms with Gasteiger partial charge in [0.25, 0.3) is 0 Å². The first-order valence-electron chi connectivity index (χ1n) is 5.85. The predicted octanol–water partition coefficient (Wildman–Crippen LogP) is 5.00. The Labute approximate surface area is 122 Å². The summed E-state index contributed by atoms with van der Waals surface area (Å²) in [5, 5.41) is 0.186. The van der Waals surface area contributed by atoms with Gasteiger partial charge in [-0.1, -0.05) is 24.4 Å². The fourth-order valence-electron chi connectivity index (χ4n) is 2.28. The Bertz CT molecular complexity index is 461. The van der Waals surface area contributed by atoms with Gasteiger partial charge in [0, 0.05) is 12.3 Å². The highest BCUT2D eigenvalue weighted by Crippen LogP contribution is 2.50. The molecule has 0 radical (unpaired) electrons. The van der Waals surface area contributed by atoms with Crippen LogP contribution in [0.3, 0.4) is 0 Å². The van der Waals surface area contributed by atoms with E-state index in [0.717, 1.165) is 0 Å². The van der Waals surface area contributed by atoms with Gasteiger partial charge in [0.05, 0.1) is 9.89 Å². The van der Waals surface area contributed by atoms with Crippen molar-refractivity contribution in [2.24, 2.45) is 5.41 Å². The van der Waals surface area contributed by atoms with Crippen molar-refractivity contribution < 1.29 is 17.9 Å². The van der Waals surface area contributed by atoms with Gasteiger partial charge in [-0.05, 0) is 28.8 Å². The number of halogens is 5. The van der Waals surface area contributed by atoms with E-state index in [-0.39, 0.29) is 30.4 Å². The minimum absolute atomic E-state index is 0.118. The Morgan fingerprint density at radius 1 is 1.37 bits per heavy atom. The molecule has 0 bridgehead atoms. The minimum Gasteiger partial charge on any atom is -0.491 e. The van der Waals surface area contributed by atoms with Crippen LogP contribution in [0.4, 0.5) is 13.2 Å². The van der Waals surface area contributed by atoms with Crippen LogP contribution in [0.2, 0.25) is 5.15 Å². The van der Waals surface area contributed by atoms with E-state index < -0.39 is 11.6 Å². The van der Waals surface area contributed by atoms with Gasteiger partial charge in [-0.25, -0.2) is 4.98 Å². The molecule has 2 nitrogen and oxygen atoms in total. The number of alkyl halides is 3. The molecule has 1 saturated carbocycles. The number of nitrogens with zero attached hydrogens (tertiary/aromatic N) is 1. The van der Waals surface area contributed by atoms with E-state index in [9.17, 15) is 13.2 Å². The zero-order valence-corrected chi connectivity index (χ0v) is 12.3. The molecule has 1 aliphatic carbocycles. The van der Waals surface area contributed by atoms with Crippen LogP contribution < -0.4 is 4.74 Å². The fourth-order valence-corrected chi connectivity index (χ4v) is 2.76. The molecule has 1 aromatic heterocycles. The zero-order valence-electron chi connectivity index (χ0n) is 9.94. The third-order valence-electron chi connectivity index (χ3n) is 3.45. The lowest BCUT2D eigenvalue weighted by Gasteiger charge is -2.31. The summed E-state index contributed by atoms with van der Waals surface area (Å²) in [6.07, 6.45) is -1.43. The van der Waals surface area contributed by atoms with Gasteiger partial charge in [0.15, 0.2) is 0 Å². The molecule has 1 aliphatic rings. The van der Waals surface area contributed by atoms with Gasteiger partial charge in [0.2, 0.25) is 0 Å². The van der Waals surface area contributed by atoms with E-state index in [2.05, 4.69) is 20.9 Å². The topological polar surface area (TPSA) is 22.1 Å². The SMILES string of the molecule is FC(F)(F)C1(COc2cc(Cl)ncc2Br)CCCC1. The van der Waals surface area contributed by atoms with Crippen LogP contribution in [0, 0.1) is 5.41 Å². The average molecular weight is 359 g/mol. The number of aromatic nitrogens is 1. The van der Waals surface area contributed by atoms with E-state index in [1.165, 1.54) is 12.3 Å². The summed E-state index contributed by atoms with van der Waals surface area (Å²) in [4.78, 5) is 3.80. The molecule has 0 aliphatic heterocycles. The van der Waals surface area contributed by atoms with Crippen molar-refractivity contribution in [3.05, 3.63) is 21.9 Å². The molecular weight excluding hydrogens is 346 g/mol. The van der Waals surface area contributed by atoms with Crippen molar-refractivity contribution in [1.82, 2.24) is 4.98 Å². The molecule has 1 aromatic rings. The summed E-state index contributed by atoms with van der Waals surface area (Å²) in [5.41, 5.74) is -1.73. The summed E-state index contributed by atoms with van der Waals surface area (Å²) >= 11 is 8.88. The Hall–Kier alpha value is -0.490. The first-order valence-corrected chi connectivity index (χ1v) is 7.02. The van der Waals surface area contributed by atoms with E-state index in [1.54, 1.807) is 0 Å². The maximum atomic E-state index is 13.2. The lowest BCUT2D eigenvalue weighted by Crippen LogP contribution is -2.40. The van der Waals surface area contributed by atoms with E-state index in [4.69, 9.17) is 16.3 Å². The molecule has 0 amide bonds. The Balaban J connectivity index is 2.14. The number of pyridine rings is 1. The molecule has 19 heavy (non-hydrogen) atoms. The summed E-state index contributed by atoms with van der Waals surface area (Å²) < 4.78 is 45.3. The van der Waals surface area contributed by atoms with Gasteiger partial charge in [-0.3, -0.25) is 0 Å². The van der Waals surface area contributed by atoms with Crippen molar-refractivity contribution >= 4 is 27.5 Å². The van der Waals surface area contributed by atoms with Gasteiger partial charge in [-0.2, -0.15) is 13.2 Å². The monoisotopic (exact) mass is 357 g/mol. The van der Waals surface area contributed by atoms with Crippen molar-refractivity contribution in [3.63, 3.8) is 0 Å². The fraction of sp³-hybridized carbons (Fsp3) is 0.583. The van der Waals surface area contributed by atoms with E-state index in [1.807, 2.05) is 0 Å². The Morgan fingerprint density at radius 3 is 2.58 bits per heavy atom. The van der Waals surface area contributed by atoms with Crippen LogP contribution >= 0.6 is 27.5 Å². The van der Waals surface area contributed by atoms with Crippen LogP contribution in [0.15, 0.2) is 16.7 Å². The second-order valence-electron chi connectivity index (χ2n) is 4.71. The van der Waals surface area contributed by atoms with Crippen molar-refractivity contribution in [2.75, 3.05) is 6.61 Å². The quantitative estimate of drug-likeness (QED) is 0.710. The summed E-state index contributed by atoms with van der Waals surface area (Å²) in [7, 11) is 0. The minimum atomic E-state index is -4.24. The van der Waals surface area contributed by atoms with Crippen molar-refractivity contribution in [3.8, 4) is 5.75 Å². The average Bonchev–Trinajstić information content (AvgIpc) is 2.80. The second-order valence-corrected chi connectivity index (χ2v) is 5.95. The van der Waals surface area contributed by atoms with Crippen molar-refractivity contribution in [1.29, 1.82) is 0 Å². The molecule has 0 unspecified atom stereocenters. The molecule has 1 fully saturated rings. The highest BCUT2D eigenvalue weighted by Gasteiger charge is 2.56. The standard InChI is InChI=1S/C12H12BrClF3NO/c13-8-6-18-10(14)5-9(8)19-7-11(12(15,16)17)3-1-2-4-11/h5-6H,1-4,7H2. The molecule has 0 spiro atoms. The largest absolute Gasteiger partial charge is 0.491 e. The molecule has 0 aromatic carbocycles. The third-order valence-corrected chi connectivity index (χ3v) is 4.26. The predicted molar refractivity (Wildman–Crippen MR) is 69.4 cm³/mol. The Morgan fingerprint density at radius 2 is 2.00 bits per heavy atom. The van der Waals surface area contributed by atoms with E-state index >= 15 is 0 Å². The van der Waals surface area contributed by atoms with Gasteiger partial charge < -0.3 is 4.74 Å². The second kappa shape index (κ2) is 5.48. The van der Waals surface area contributed by atoms with Crippen LogP contribution in [0.5, 0.6) is 5.75 Å². The molecule has 2 rings (SSSR count). The highest BCUT2D eigenvalue weighted by atomic mass is 79.9. The van der Waals surface area contributed by atoms with E-state index in [0.29, 0.717) is 17.3 Å². The molecule has 106 valence electrons. The molecule has 0 saturated heterocycles. The third kappa shape index (κ3) is 3.16. The molecule has 0 N–H and O–H groups in total. The normalized spacial score (nSPS) is 18.6. The summed E-state index contributed by atoms with van der Waals surface area (Å²) in [5.74, 6) is 0.288. The lowest BCUT2D eigenvalue weighted by molar-refractivity contribution is -0.230. The zero-order chi connectivity index (χ0) is 14.1. The summed E-state index contributed by atoms with van der Waals surface area (Å²) in [6, 6.07) is 1.41. The van der Waals surface area contributed by atoms with Gasteiger partial charge in [-0.15, -0.1) is 0 Å². The van der Waals surface area contributed by atoms with Crippen molar-refractivity contribution in [2.45, 2.75) is 31.9 Å². The van der Waals surface area contributed by atoms with Gasteiger partial charge >= 0.3 is 6.18 Å². The maximum absolute atomic E-state index is 13.2. The smallest absolute Gasteiger partial charge is 0.397 e.